The molecule has 2 aromatic carbocycles. The van der Waals surface area contributed by atoms with Gasteiger partial charge in [-0.15, -0.1) is 0 Å². The van der Waals surface area contributed by atoms with E-state index in [0.717, 1.165) is 11.1 Å². The van der Waals surface area contributed by atoms with Crippen LogP contribution in [0.5, 0.6) is 5.75 Å². The minimum Gasteiger partial charge on any atom is -0.421 e. The van der Waals surface area contributed by atoms with Gasteiger partial charge in [0.25, 0.3) is 0 Å². The van der Waals surface area contributed by atoms with Gasteiger partial charge in [-0.25, -0.2) is 4.57 Å². The molecule has 0 bridgehead atoms. The Bertz CT molecular complexity index is 699. The van der Waals surface area contributed by atoms with E-state index in [1.54, 1.807) is 24.3 Å². The fourth-order valence-corrected chi connectivity index (χ4v) is 3.20. The lowest BCUT2D eigenvalue weighted by atomic mass is 10.0. The van der Waals surface area contributed by atoms with E-state index >= 15 is 0 Å². The van der Waals surface area contributed by atoms with Gasteiger partial charge in [0.15, 0.2) is 5.96 Å². The Kier molecular flexibility index (Phi) is 3.79. The summed E-state index contributed by atoms with van der Waals surface area (Å²) < 4.78 is 17.1. The molecule has 0 aromatic heterocycles. The van der Waals surface area contributed by atoms with Crippen molar-refractivity contribution in [2.45, 2.75) is 0 Å². The second kappa shape index (κ2) is 5.36. The van der Waals surface area contributed by atoms with Crippen LogP contribution in [0, 0.1) is 5.41 Å². The Balaban J connectivity index is 0.000000328. The highest BCUT2D eigenvalue weighted by Crippen LogP contribution is 2.51. The molecule has 104 valence electrons. The van der Waals surface area contributed by atoms with Crippen LogP contribution in [-0.4, -0.2) is 10.9 Å². The Labute approximate surface area is 116 Å². The van der Waals surface area contributed by atoms with Crippen molar-refractivity contribution in [2.75, 3.05) is 0 Å². The van der Waals surface area contributed by atoms with Crippen molar-refractivity contribution >= 4 is 18.9 Å². The number of hydrogen-bond donors (Lipinski definition) is 4. The fourth-order valence-electron chi connectivity index (χ4n) is 1.90. The SMILES string of the molecule is N=C(N)N.O=P1(O)Oc2ccccc2-c2ccccc21. The molecular weight excluding hydrogens is 277 g/mol. The molecule has 1 heterocycles. The standard InChI is InChI=1S/C12H9O3P.CH5N3/c13-16(14)12-8-4-2-6-10(12)9-5-1-3-7-11(9)15-16;2-1(3)4/h1-8H,(H,13,14);(H5,2,3,4). The summed E-state index contributed by atoms with van der Waals surface area (Å²) in [6.45, 7) is 0. The maximum absolute atomic E-state index is 12.0. The smallest absolute Gasteiger partial charge is 0.408 e. The summed E-state index contributed by atoms with van der Waals surface area (Å²) in [6, 6.07) is 14.3. The van der Waals surface area contributed by atoms with Gasteiger partial charge in [0.2, 0.25) is 0 Å². The predicted octanol–water partition coefficient (Wildman–Crippen LogP) is 1.40. The quantitative estimate of drug-likeness (QED) is 0.332. The monoisotopic (exact) mass is 291 g/mol. The lowest BCUT2D eigenvalue weighted by molar-refractivity contribution is 0.392. The van der Waals surface area contributed by atoms with Crippen molar-refractivity contribution in [2.24, 2.45) is 11.5 Å². The van der Waals surface area contributed by atoms with Crippen LogP contribution < -0.4 is 21.3 Å². The largest absolute Gasteiger partial charge is 0.421 e. The first-order chi connectivity index (χ1) is 9.42. The number of nitrogens with one attached hydrogen (secondary N) is 1. The van der Waals surface area contributed by atoms with Crippen molar-refractivity contribution in [3.63, 3.8) is 0 Å². The third kappa shape index (κ3) is 2.82. The van der Waals surface area contributed by atoms with Gasteiger partial charge in [-0.05, 0) is 12.1 Å². The maximum Gasteiger partial charge on any atom is 0.408 e. The molecule has 1 aliphatic heterocycles. The molecule has 0 saturated carbocycles. The second-order valence-electron chi connectivity index (χ2n) is 4.08. The Morgan fingerprint density at radius 1 is 1.05 bits per heavy atom. The molecule has 0 amide bonds. The van der Waals surface area contributed by atoms with E-state index in [4.69, 9.17) is 9.93 Å². The second-order valence-corrected chi connectivity index (χ2v) is 5.79. The summed E-state index contributed by atoms with van der Waals surface area (Å²) >= 11 is 0. The van der Waals surface area contributed by atoms with E-state index < -0.39 is 7.60 Å². The van der Waals surface area contributed by atoms with Crippen LogP contribution in [0.25, 0.3) is 11.1 Å². The lowest BCUT2D eigenvalue weighted by Crippen LogP contribution is -2.20. The molecule has 0 fully saturated rings. The highest BCUT2D eigenvalue weighted by Gasteiger charge is 2.33. The molecule has 20 heavy (non-hydrogen) atoms. The zero-order valence-electron chi connectivity index (χ0n) is 10.5. The van der Waals surface area contributed by atoms with Crippen molar-refractivity contribution in [3.8, 4) is 16.9 Å². The summed E-state index contributed by atoms with van der Waals surface area (Å²) in [5.41, 5.74) is 10.6. The van der Waals surface area contributed by atoms with Crippen LogP contribution in [0.4, 0.5) is 0 Å². The number of rotatable bonds is 0. The highest BCUT2D eigenvalue weighted by atomic mass is 31.2. The number of para-hydroxylation sites is 1. The van der Waals surface area contributed by atoms with E-state index in [9.17, 15) is 9.46 Å². The molecule has 2 aromatic rings. The van der Waals surface area contributed by atoms with Crippen LogP contribution in [-0.2, 0) is 4.57 Å². The van der Waals surface area contributed by atoms with Crippen LogP contribution in [0.3, 0.4) is 0 Å². The third-order valence-corrected chi connectivity index (χ3v) is 4.05. The average molecular weight is 291 g/mol. The number of benzene rings is 2. The van der Waals surface area contributed by atoms with Crippen molar-refractivity contribution in [3.05, 3.63) is 48.5 Å². The number of nitrogens with two attached hydrogens (primary N) is 2. The molecule has 0 spiro atoms. The molecule has 1 atom stereocenters. The predicted molar refractivity (Wildman–Crippen MR) is 78.1 cm³/mol. The summed E-state index contributed by atoms with van der Waals surface area (Å²) in [4.78, 5) is 9.81. The molecule has 3 rings (SSSR count). The first-order valence-electron chi connectivity index (χ1n) is 5.72. The van der Waals surface area contributed by atoms with Gasteiger partial charge in [0, 0.05) is 11.1 Å². The van der Waals surface area contributed by atoms with E-state index in [0.29, 0.717) is 11.1 Å². The molecule has 0 aliphatic carbocycles. The average Bonchev–Trinajstić information content (AvgIpc) is 2.38. The maximum atomic E-state index is 12.0. The number of guanidine groups is 1. The van der Waals surface area contributed by atoms with Crippen molar-refractivity contribution < 1.29 is 14.0 Å². The Hall–Kier alpha value is -2.30. The summed E-state index contributed by atoms with van der Waals surface area (Å²) in [6.07, 6.45) is 0. The van der Waals surface area contributed by atoms with E-state index in [1.165, 1.54) is 0 Å². The van der Waals surface area contributed by atoms with Crippen LogP contribution >= 0.6 is 7.60 Å². The first kappa shape index (κ1) is 14.1. The van der Waals surface area contributed by atoms with Gasteiger partial charge in [0.1, 0.15) is 5.75 Å². The summed E-state index contributed by atoms with van der Waals surface area (Å²) in [5, 5.41) is 6.42. The van der Waals surface area contributed by atoms with E-state index in [-0.39, 0.29) is 5.96 Å². The topological polar surface area (TPSA) is 122 Å². The number of hydrogen-bond acceptors (Lipinski definition) is 3. The highest BCUT2D eigenvalue weighted by molar-refractivity contribution is 7.62. The Morgan fingerprint density at radius 3 is 2.20 bits per heavy atom. The van der Waals surface area contributed by atoms with E-state index in [1.807, 2.05) is 24.3 Å². The fraction of sp³-hybridized carbons (Fsp3) is 0. The van der Waals surface area contributed by atoms with Gasteiger partial charge in [0.05, 0.1) is 5.30 Å². The van der Waals surface area contributed by atoms with Gasteiger partial charge < -0.3 is 20.9 Å². The lowest BCUT2D eigenvalue weighted by Gasteiger charge is -2.24. The summed E-state index contributed by atoms with van der Waals surface area (Å²) in [7, 11) is -3.71. The van der Waals surface area contributed by atoms with E-state index in [2.05, 4.69) is 11.5 Å². The minimum absolute atomic E-state index is 0.333. The molecular formula is C13H14N3O3P. The first-order valence-corrected chi connectivity index (χ1v) is 7.30. The van der Waals surface area contributed by atoms with Gasteiger partial charge in [-0.2, -0.15) is 0 Å². The normalized spacial score (nSPS) is 18.6. The number of fused-ring (bicyclic) bond motifs is 3. The third-order valence-electron chi connectivity index (χ3n) is 2.61. The van der Waals surface area contributed by atoms with Crippen molar-refractivity contribution in [1.82, 2.24) is 0 Å². The zero-order valence-corrected chi connectivity index (χ0v) is 11.4. The minimum atomic E-state index is -3.71. The van der Waals surface area contributed by atoms with Gasteiger partial charge in [-0.1, -0.05) is 36.4 Å². The molecule has 6 N–H and O–H groups in total. The van der Waals surface area contributed by atoms with Crippen molar-refractivity contribution in [1.29, 1.82) is 5.41 Å². The molecule has 0 saturated heterocycles. The van der Waals surface area contributed by atoms with Crippen LogP contribution in [0.15, 0.2) is 48.5 Å². The Morgan fingerprint density at radius 2 is 1.55 bits per heavy atom. The zero-order chi connectivity index (χ0) is 14.8. The van der Waals surface area contributed by atoms with Gasteiger partial charge >= 0.3 is 7.60 Å². The molecule has 1 aliphatic rings. The van der Waals surface area contributed by atoms with Crippen LogP contribution in [0.2, 0.25) is 0 Å². The molecule has 1 unspecified atom stereocenters. The van der Waals surface area contributed by atoms with Crippen LogP contribution in [0.1, 0.15) is 0 Å². The van der Waals surface area contributed by atoms with Gasteiger partial charge in [-0.3, -0.25) is 5.41 Å². The summed E-state index contributed by atoms with van der Waals surface area (Å²) in [5.74, 6) is 0.132. The molecule has 0 radical (unpaired) electrons. The molecule has 7 heteroatoms. The molecule has 6 nitrogen and oxygen atoms in total.